The van der Waals surface area contributed by atoms with Gasteiger partial charge < -0.3 is 19.4 Å². The molecule has 1 aromatic carbocycles. The number of aromatic nitrogens is 2. The van der Waals surface area contributed by atoms with Gasteiger partial charge in [-0.05, 0) is 32.0 Å². The largest absolute Gasteiger partial charge is 0.495 e. The fourth-order valence-corrected chi connectivity index (χ4v) is 3.24. The first-order valence-electron chi connectivity index (χ1n) is 8.97. The van der Waals surface area contributed by atoms with Gasteiger partial charge in [0.25, 0.3) is 0 Å². The quantitative estimate of drug-likeness (QED) is 0.805. The summed E-state index contributed by atoms with van der Waals surface area (Å²) >= 11 is 0. The molecule has 6 heteroatoms. The Kier molecular flexibility index (Phi) is 5.58. The molecule has 1 saturated heterocycles. The van der Waals surface area contributed by atoms with Crippen molar-refractivity contribution < 1.29 is 4.74 Å². The highest BCUT2D eigenvalue weighted by atomic mass is 16.5. The molecule has 134 valence electrons. The number of hydrogen-bond donors (Lipinski definition) is 0. The van der Waals surface area contributed by atoms with E-state index in [9.17, 15) is 0 Å². The highest BCUT2D eigenvalue weighted by molar-refractivity contribution is 5.59. The molecular formula is C19H27N5O. The first-order chi connectivity index (χ1) is 12.3. The summed E-state index contributed by atoms with van der Waals surface area (Å²) in [5.74, 6) is 2.76. The van der Waals surface area contributed by atoms with Gasteiger partial charge in [0.1, 0.15) is 11.6 Å². The minimum absolute atomic E-state index is 0.814. The number of methoxy groups -OCH3 is 1. The van der Waals surface area contributed by atoms with E-state index in [0.29, 0.717) is 0 Å². The number of benzene rings is 1. The normalized spacial score (nSPS) is 14.5. The van der Waals surface area contributed by atoms with Crippen LogP contribution < -0.4 is 19.4 Å². The van der Waals surface area contributed by atoms with Crippen LogP contribution in [0.2, 0.25) is 0 Å². The zero-order valence-electron chi connectivity index (χ0n) is 15.4. The number of rotatable bonds is 6. The molecule has 0 bridgehead atoms. The summed E-state index contributed by atoms with van der Waals surface area (Å²) < 4.78 is 5.50. The lowest BCUT2D eigenvalue weighted by atomic mass is 10.2. The SMILES string of the molecule is CCN(CC)c1nccc(N2CCN(c3ccccc3OC)CC2)n1. The van der Waals surface area contributed by atoms with E-state index >= 15 is 0 Å². The highest BCUT2D eigenvalue weighted by Crippen LogP contribution is 2.29. The van der Waals surface area contributed by atoms with Crippen LogP contribution in [0.3, 0.4) is 0 Å². The van der Waals surface area contributed by atoms with Gasteiger partial charge in [0.15, 0.2) is 0 Å². The van der Waals surface area contributed by atoms with Crippen molar-refractivity contribution >= 4 is 17.5 Å². The number of piperazine rings is 1. The van der Waals surface area contributed by atoms with E-state index in [-0.39, 0.29) is 0 Å². The maximum atomic E-state index is 5.50. The maximum absolute atomic E-state index is 5.50. The molecule has 25 heavy (non-hydrogen) atoms. The summed E-state index contributed by atoms with van der Waals surface area (Å²) in [5.41, 5.74) is 1.16. The molecule has 1 aliphatic heterocycles. The summed E-state index contributed by atoms with van der Waals surface area (Å²) in [6, 6.07) is 10.2. The summed E-state index contributed by atoms with van der Waals surface area (Å²) in [4.78, 5) is 16.1. The van der Waals surface area contributed by atoms with Crippen molar-refractivity contribution in [1.29, 1.82) is 0 Å². The molecule has 3 rings (SSSR count). The molecule has 2 heterocycles. The van der Waals surface area contributed by atoms with Crippen molar-refractivity contribution in [3.63, 3.8) is 0 Å². The Morgan fingerprint density at radius 2 is 1.68 bits per heavy atom. The number of hydrogen-bond acceptors (Lipinski definition) is 6. The van der Waals surface area contributed by atoms with Crippen LogP contribution in [0.15, 0.2) is 36.5 Å². The van der Waals surface area contributed by atoms with Crippen molar-refractivity contribution in [2.75, 3.05) is 61.1 Å². The topological polar surface area (TPSA) is 44.7 Å². The lowest BCUT2D eigenvalue weighted by molar-refractivity contribution is 0.413. The molecule has 6 nitrogen and oxygen atoms in total. The van der Waals surface area contributed by atoms with Crippen molar-refractivity contribution in [2.45, 2.75) is 13.8 Å². The first kappa shape index (κ1) is 17.3. The average Bonchev–Trinajstić information content (AvgIpc) is 2.69. The Labute approximate surface area is 150 Å². The van der Waals surface area contributed by atoms with Crippen LogP contribution in [-0.2, 0) is 0 Å². The van der Waals surface area contributed by atoms with Gasteiger partial charge in [0.05, 0.1) is 12.8 Å². The molecule has 1 aromatic heterocycles. The Hall–Kier alpha value is -2.50. The Balaban J connectivity index is 1.69. The third-order valence-electron chi connectivity index (χ3n) is 4.70. The molecule has 0 aliphatic carbocycles. The van der Waals surface area contributed by atoms with E-state index in [0.717, 1.165) is 62.5 Å². The second-order valence-electron chi connectivity index (χ2n) is 6.03. The molecule has 0 spiro atoms. The van der Waals surface area contributed by atoms with E-state index in [2.05, 4.69) is 45.7 Å². The summed E-state index contributed by atoms with van der Waals surface area (Å²) in [6.07, 6.45) is 1.86. The number of ether oxygens (including phenoxy) is 1. The van der Waals surface area contributed by atoms with Gasteiger partial charge in [-0.1, -0.05) is 12.1 Å². The van der Waals surface area contributed by atoms with Crippen LogP contribution in [-0.4, -0.2) is 56.3 Å². The lowest BCUT2D eigenvalue weighted by Crippen LogP contribution is -2.47. The van der Waals surface area contributed by atoms with E-state index in [4.69, 9.17) is 9.72 Å². The third kappa shape index (κ3) is 3.78. The monoisotopic (exact) mass is 341 g/mol. The zero-order chi connectivity index (χ0) is 17.6. The number of anilines is 3. The molecule has 0 unspecified atom stereocenters. The van der Waals surface area contributed by atoms with Crippen LogP contribution >= 0.6 is 0 Å². The molecule has 0 saturated carbocycles. The fraction of sp³-hybridized carbons (Fsp3) is 0.474. The highest BCUT2D eigenvalue weighted by Gasteiger charge is 2.21. The predicted octanol–water partition coefficient (Wildman–Crippen LogP) is 2.66. The van der Waals surface area contributed by atoms with E-state index in [1.807, 2.05) is 24.4 Å². The fourth-order valence-electron chi connectivity index (χ4n) is 3.24. The number of para-hydroxylation sites is 2. The lowest BCUT2D eigenvalue weighted by Gasteiger charge is -2.37. The average molecular weight is 341 g/mol. The molecule has 2 aromatic rings. The van der Waals surface area contributed by atoms with Crippen LogP contribution in [0.25, 0.3) is 0 Å². The maximum Gasteiger partial charge on any atom is 0.227 e. The molecule has 0 atom stereocenters. The summed E-state index contributed by atoms with van der Waals surface area (Å²) in [5, 5.41) is 0. The van der Waals surface area contributed by atoms with Crippen molar-refractivity contribution in [3.8, 4) is 5.75 Å². The van der Waals surface area contributed by atoms with Gasteiger partial charge in [-0.25, -0.2) is 4.98 Å². The van der Waals surface area contributed by atoms with Crippen molar-refractivity contribution in [1.82, 2.24) is 9.97 Å². The second kappa shape index (κ2) is 8.05. The third-order valence-corrected chi connectivity index (χ3v) is 4.70. The van der Waals surface area contributed by atoms with E-state index < -0.39 is 0 Å². The molecule has 0 amide bonds. The second-order valence-corrected chi connectivity index (χ2v) is 6.03. The Bertz CT molecular complexity index is 681. The smallest absolute Gasteiger partial charge is 0.227 e. The van der Waals surface area contributed by atoms with Gasteiger partial charge in [-0.15, -0.1) is 0 Å². The molecule has 1 aliphatic rings. The Morgan fingerprint density at radius 1 is 1.00 bits per heavy atom. The summed E-state index contributed by atoms with van der Waals surface area (Å²) in [7, 11) is 1.73. The van der Waals surface area contributed by atoms with E-state index in [1.54, 1.807) is 7.11 Å². The molecular weight excluding hydrogens is 314 g/mol. The molecule has 0 N–H and O–H groups in total. The van der Waals surface area contributed by atoms with Crippen molar-refractivity contribution in [3.05, 3.63) is 36.5 Å². The molecule has 1 fully saturated rings. The van der Waals surface area contributed by atoms with Crippen LogP contribution in [0.4, 0.5) is 17.5 Å². The van der Waals surface area contributed by atoms with Gasteiger partial charge >= 0.3 is 0 Å². The minimum Gasteiger partial charge on any atom is -0.495 e. The van der Waals surface area contributed by atoms with Gasteiger partial charge in [0.2, 0.25) is 5.95 Å². The number of nitrogens with zero attached hydrogens (tertiary/aromatic N) is 5. The predicted molar refractivity (Wildman–Crippen MR) is 103 cm³/mol. The van der Waals surface area contributed by atoms with Gasteiger partial charge in [0, 0.05) is 45.5 Å². The first-order valence-corrected chi connectivity index (χ1v) is 8.97. The Morgan fingerprint density at radius 3 is 2.36 bits per heavy atom. The minimum atomic E-state index is 0.814. The van der Waals surface area contributed by atoms with Gasteiger partial charge in [-0.3, -0.25) is 0 Å². The zero-order valence-corrected chi connectivity index (χ0v) is 15.4. The van der Waals surface area contributed by atoms with Gasteiger partial charge in [-0.2, -0.15) is 4.98 Å². The van der Waals surface area contributed by atoms with Crippen LogP contribution in [0.1, 0.15) is 13.8 Å². The standard InChI is InChI=1S/C19H27N5O/c1-4-22(5-2)19-20-11-10-18(21-19)24-14-12-23(13-15-24)16-8-6-7-9-17(16)25-3/h6-11H,4-5,12-15H2,1-3H3. The van der Waals surface area contributed by atoms with E-state index in [1.165, 1.54) is 0 Å². The molecule has 0 radical (unpaired) electrons. The van der Waals surface area contributed by atoms with Crippen molar-refractivity contribution in [2.24, 2.45) is 0 Å². The van der Waals surface area contributed by atoms with Crippen LogP contribution in [0.5, 0.6) is 5.75 Å². The summed E-state index contributed by atoms with van der Waals surface area (Å²) in [6.45, 7) is 9.87. The van der Waals surface area contributed by atoms with Crippen LogP contribution in [0, 0.1) is 0 Å².